The van der Waals surface area contributed by atoms with Crippen LogP contribution in [-0.2, 0) is 0 Å². The van der Waals surface area contributed by atoms with Gasteiger partial charge in [0.25, 0.3) is 34.2 Å². The third kappa shape index (κ3) is 9.61. The van der Waals surface area contributed by atoms with E-state index in [-0.39, 0.29) is 30.5 Å². The fraction of sp³-hybridized carbons (Fsp3) is 0. The number of aromatic nitrogens is 6. The van der Waals surface area contributed by atoms with Crippen molar-refractivity contribution in [1.29, 1.82) is 0 Å². The maximum atomic E-state index is 3.15. The summed E-state index contributed by atoms with van der Waals surface area (Å²) in [7, 11) is 0. The summed E-state index contributed by atoms with van der Waals surface area (Å²) in [5.41, 5.74) is 6.57. The maximum Gasteiger partial charge on any atom is 2.00 e. The molecule has 0 amide bonds. The van der Waals surface area contributed by atoms with Crippen LogP contribution in [0.3, 0.4) is 0 Å². The normalized spacial score (nSPS) is 9.16. The molecule has 0 bridgehead atoms. The molecule has 6 N–H and O–H groups in total. The van der Waals surface area contributed by atoms with Crippen LogP contribution in [0, 0.1) is 7.43 Å². The molecule has 6 nitrogen and oxygen atoms in total. The molecule has 0 fully saturated rings. The summed E-state index contributed by atoms with van der Waals surface area (Å²) >= 11 is 0. The fourth-order valence-electron chi connectivity index (χ4n) is 3.37. The van der Waals surface area contributed by atoms with Crippen molar-refractivity contribution in [3.05, 3.63) is 154 Å². The SMILES string of the molecule is [CH3-].[Mg+2].c1ccc(-c2cccc[nH+]2)[nH+]c1.c1ccc(-c2cccc[nH+]2)[nH+]c1.c1ccc(-c2cccc[nH+]2)[nH+]c1. The first-order chi connectivity index (χ1) is 17.9. The van der Waals surface area contributed by atoms with Crippen molar-refractivity contribution >= 4 is 23.1 Å². The predicted molar refractivity (Wildman–Crippen MR) is 147 cm³/mol. The molecular formula is C31H33MgN6+7. The molecule has 6 aromatic heterocycles. The van der Waals surface area contributed by atoms with Crippen LogP contribution < -0.4 is 29.9 Å². The second-order valence-corrected chi connectivity index (χ2v) is 7.66. The summed E-state index contributed by atoms with van der Waals surface area (Å²) in [6, 6.07) is 36.0. The van der Waals surface area contributed by atoms with E-state index in [1.54, 1.807) is 0 Å². The predicted octanol–water partition coefficient (Wildman–Crippen LogP) is 3.01. The minimum atomic E-state index is 0. The molecule has 182 valence electrons. The van der Waals surface area contributed by atoms with Gasteiger partial charge in [-0.15, -0.1) is 0 Å². The minimum Gasteiger partial charge on any atom is -0.358 e. The third-order valence-corrected chi connectivity index (χ3v) is 5.12. The molecule has 0 aliphatic heterocycles. The Morgan fingerprint density at radius 3 is 0.526 bits per heavy atom. The number of H-pyrrole nitrogens is 6. The number of rotatable bonds is 3. The molecular weight excluding hydrogens is 481 g/mol. The Hall–Kier alpha value is -4.33. The van der Waals surface area contributed by atoms with Crippen LogP contribution in [0.4, 0.5) is 0 Å². The average molecular weight is 514 g/mol. The van der Waals surface area contributed by atoms with E-state index in [9.17, 15) is 0 Å². The summed E-state index contributed by atoms with van der Waals surface area (Å²) < 4.78 is 0. The Morgan fingerprint density at radius 1 is 0.263 bits per heavy atom. The first-order valence-electron chi connectivity index (χ1n) is 11.7. The third-order valence-electron chi connectivity index (χ3n) is 5.12. The molecule has 0 aliphatic rings. The van der Waals surface area contributed by atoms with Gasteiger partial charge in [0, 0.05) is 72.8 Å². The largest absolute Gasteiger partial charge is 2.00 e. The molecule has 6 rings (SSSR count). The van der Waals surface area contributed by atoms with Gasteiger partial charge in [0.15, 0.2) is 37.2 Å². The molecule has 6 heterocycles. The van der Waals surface area contributed by atoms with Gasteiger partial charge >= 0.3 is 23.1 Å². The Morgan fingerprint density at radius 2 is 0.421 bits per heavy atom. The van der Waals surface area contributed by atoms with E-state index in [4.69, 9.17) is 0 Å². The standard InChI is InChI=1S/3C10H8N2.CH3.Mg/c3*1-3-7-11-9(5-1)10-6-2-4-8-12-10;;/h3*1-8H;1H3;/q;;;-1;+2/p+6. The molecule has 6 aromatic rings. The van der Waals surface area contributed by atoms with Gasteiger partial charge in [0.2, 0.25) is 0 Å². The van der Waals surface area contributed by atoms with Crippen molar-refractivity contribution in [2.24, 2.45) is 0 Å². The van der Waals surface area contributed by atoms with E-state index in [1.807, 2.05) is 146 Å². The molecule has 38 heavy (non-hydrogen) atoms. The summed E-state index contributed by atoms with van der Waals surface area (Å²) in [4.78, 5) is 18.9. The van der Waals surface area contributed by atoms with E-state index >= 15 is 0 Å². The van der Waals surface area contributed by atoms with Crippen LogP contribution in [0.15, 0.2) is 146 Å². The van der Waals surface area contributed by atoms with Gasteiger partial charge in [-0.25, -0.2) is 29.9 Å². The number of hydrogen-bond acceptors (Lipinski definition) is 0. The van der Waals surface area contributed by atoms with Crippen LogP contribution in [-0.4, -0.2) is 23.1 Å². The Kier molecular flexibility index (Phi) is 13.5. The second-order valence-electron chi connectivity index (χ2n) is 7.66. The van der Waals surface area contributed by atoms with Crippen molar-refractivity contribution in [2.45, 2.75) is 0 Å². The zero-order valence-corrected chi connectivity index (χ0v) is 23.0. The van der Waals surface area contributed by atoms with Gasteiger partial charge in [-0.1, -0.05) is 0 Å². The van der Waals surface area contributed by atoms with Gasteiger partial charge in [-0.05, 0) is 36.4 Å². The molecule has 0 aromatic carbocycles. The zero-order valence-electron chi connectivity index (χ0n) is 21.6. The molecule has 0 saturated heterocycles. The zero-order chi connectivity index (χ0) is 24.7. The first-order valence-corrected chi connectivity index (χ1v) is 11.7. The van der Waals surface area contributed by atoms with Crippen LogP contribution >= 0.6 is 0 Å². The summed E-state index contributed by atoms with van der Waals surface area (Å²) in [6.45, 7) is 0. The number of pyridine rings is 6. The number of hydrogen-bond donors (Lipinski definition) is 0. The molecule has 0 spiro atoms. The van der Waals surface area contributed by atoms with Gasteiger partial charge in [0.1, 0.15) is 0 Å². The monoisotopic (exact) mass is 513 g/mol. The molecule has 0 atom stereocenters. The summed E-state index contributed by atoms with van der Waals surface area (Å²) in [6.07, 6.45) is 11.5. The Balaban J connectivity index is 0.000000195. The van der Waals surface area contributed by atoms with Crippen molar-refractivity contribution in [1.82, 2.24) is 0 Å². The fourth-order valence-corrected chi connectivity index (χ4v) is 3.37. The van der Waals surface area contributed by atoms with Gasteiger partial charge in [0.05, 0.1) is 0 Å². The molecule has 7 heteroatoms. The number of aromatic amines is 6. The average Bonchev–Trinajstić information content (AvgIpc) is 3.01. The topological polar surface area (TPSA) is 84.8 Å². The van der Waals surface area contributed by atoms with Crippen LogP contribution in [0.2, 0.25) is 0 Å². The first kappa shape index (κ1) is 29.9. The maximum absolute atomic E-state index is 3.15. The van der Waals surface area contributed by atoms with Crippen molar-refractivity contribution in [3.63, 3.8) is 0 Å². The van der Waals surface area contributed by atoms with E-state index in [2.05, 4.69) is 29.9 Å². The Bertz CT molecular complexity index is 1100. The molecule has 0 saturated carbocycles. The van der Waals surface area contributed by atoms with Gasteiger partial charge in [-0.3, -0.25) is 0 Å². The van der Waals surface area contributed by atoms with Gasteiger partial charge in [-0.2, -0.15) is 0 Å². The minimum absolute atomic E-state index is 0. The quantitative estimate of drug-likeness (QED) is 0.257. The summed E-state index contributed by atoms with van der Waals surface area (Å²) in [5.74, 6) is 0. The molecule has 0 unspecified atom stereocenters. The summed E-state index contributed by atoms with van der Waals surface area (Å²) in [5, 5.41) is 0. The van der Waals surface area contributed by atoms with Crippen molar-refractivity contribution in [2.75, 3.05) is 0 Å². The van der Waals surface area contributed by atoms with Crippen LogP contribution in [0.1, 0.15) is 0 Å². The van der Waals surface area contributed by atoms with E-state index in [1.165, 1.54) is 0 Å². The van der Waals surface area contributed by atoms with E-state index in [0.717, 1.165) is 34.2 Å². The van der Waals surface area contributed by atoms with Crippen molar-refractivity contribution in [3.8, 4) is 34.2 Å². The smallest absolute Gasteiger partial charge is 0.358 e. The van der Waals surface area contributed by atoms with Gasteiger partial charge < -0.3 is 7.43 Å². The molecule has 0 radical (unpaired) electrons. The Labute approximate surface area is 240 Å². The number of nitrogens with one attached hydrogen (secondary N) is 6. The van der Waals surface area contributed by atoms with E-state index < -0.39 is 0 Å². The molecule has 0 aliphatic carbocycles. The second kappa shape index (κ2) is 17.2. The van der Waals surface area contributed by atoms with Crippen LogP contribution in [0.5, 0.6) is 0 Å². The van der Waals surface area contributed by atoms with E-state index in [0.29, 0.717) is 0 Å². The van der Waals surface area contributed by atoms with Crippen LogP contribution in [0.25, 0.3) is 34.2 Å². The van der Waals surface area contributed by atoms with Crippen molar-refractivity contribution < 1.29 is 29.9 Å².